The largest absolute Gasteiger partial charge is 0.489 e. The van der Waals surface area contributed by atoms with Crippen LogP contribution in [0.15, 0.2) is 48.5 Å². The Kier molecular flexibility index (Phi) is 10.5. The third-order valence-corrected chi connectivity index (χ3v) is 11.3. The molecule has 0 radical (unpaired) electrons. The predicted octanol–water partition coefficient (Wildman–Crippen LogP) is 10.0. The van der Waals surface area contributed by atoms with Crippen LogP contribution < -0.4 is 4.74 Å². The highest BCUT2D eigenvalue weighted by Crippen LogP contribution is 2.62. The third-order valence-electron chi connectivity index (χ3n) is 10.8. The maximum absolute atomic E-state index is 11.5. The smallest absolute Gasteiger partial charge is 0.120 e. The normalized spacial score (nSPS) is 29.5. The molecule has 0 saturated heterocycles. The predicted molar refractivity (Wildman–Crippen MR) is 167 cm³/mol. The zero-order valence-corrected chi connectivity index (χ0v) is 25.8. The number of unbranched alkanes of at least 4 members (excludes halogenated alkanes) is 8. The first-order valence-corrected chi connectivity index (χ1v) is 17.3. The van der Waals surface area contributed by atoms with Crippen LogP contribution in [0.3, 0.4) is 0 Å². The van der Waals surface area contributed by atoms with Gasteiger partial charge in [0.05, 0.1) is 6.10 Å². The molecule has 0 aliphatic heterocycles. The van der Waals surface area contributed by atoms with Gasteiger partial charge in [0.1, 0.15) is 12.4 Å². The summed E-state index contributed by atoms with van der Waals surface area (Å²) in [6.45, 7) is 3.06. The molecule has 5 rings (SSSR count). The fraction of sp³-hybridized carbons (Fsp3) is 0.667. The van der Waals surface area contributed by atoms with Crippen LogP contribution in [-0.2, 0) is 13.0 Å². The van der Waals surface area contributed by atoms with Crippen LogP contribution in [0, 0.1) is 23.2 Å². The van der Waals surface area contributed by atoms with Crippen LogP contribution in [0.5, 0.6) is 5.75 Å². The van der Waals surface area contributed by atoms with Gasteiger partial charge in [-0.3, -0.25) is 0 Å². The van der Waals surface area contributed by atoms with Crippen LogP contribution in [0.1, 0.15) is 119 Å². The van der Waals surface area contributed by atoms with E-state index < -0.39 is 0 Å². The Bertz CT molecular complexity index is 1020. The van der Waals surface area contributed by atoms with E-state index in [2.05, 4.69) is 71.4 Å². The van der Waals surface area contributed by atoms with Gasteiger partial charge in [0, 0.05) is 5.33 Å². The summed E-state index contributed by atoms with van der Waals surface area (Å²) in [5, 5.41) is 12.7. The molecule has 2 saturated carbocycles. The molecule has 0 amide bonds. The molecule has 3 aliphatic carbocycles. The van der Waals surface area contributed by atoms with Gasteiger partial charge in [-0.25, -0.2) is 0 Å². The molecule has 2 aromatic rings. The van der Waals surface area contributed by atoms with Crippen molar-refractivity contribution in [3.05, 3.63) is 65.2 Å². The highest BCUT2D eigenvalue weighted by atomic mass is 79.9. The number of aliphatic hydroxyl groups excluding tert-OH is 1. The molecule has 2 fully saturated rings. The van der Waals surface area contributed by atoms with E-state index in [-0.39, 0.29) is 11.5 Å². The summed E-state index contributed by atoms with van der Waals surface area (Å²) in [6.07, 6.45) is 19.5. The van der Waals surface area contributed by atoms with Crippen LogP contribution in [0.25, 0.3) is 0 Å². The van der Waals surface area contributed by atoms with Crippen molar-refractivity contribution in [3.63, 3.8) is 0 Å². The Hall–Kier alpha value is -1.32. The SMILES string of the molecule is C[C@]12CC[C@@H]3c4ccc(OCc5ccccc5)cc4CC[C@H]3[C@@H]1CC(CCCCCCCCCCCBr)C2O. The van der Waals surface area contributed by atoms with Crippen molar-refractivity contribution in [2.75, 3.05) is 5.33 Å². The molecule has 2 aromatic carbocycles. The molecular weight excluding hydrogens is 544 g/mol. The van der Waals surface area contributed by atoms with Crippen LogP contribution in [-0.4, -0.2) is 16.5 Å². The van der Waals surface area contributed by atoms with E-state index in [1.54, 1.807) is 5.56 Å². The third kappa shape index (κ3) is 6.95. The molecule has 0 bridgehead atoms. The van der Waals surface area contributed by atoms with Crippen molar-refractivity contribution in [2.24, 2.45) is 23.2 Å². The molecule has 2 unspecified atom stereocenters. The second kappa shape index (κ2) is 14.0. The van der Waals surface area contributed by atoms with Gasteiger partial charge in [-0.15, -0.1) is 0 Å². The number of benzene rings is 2. The number of fused-ring (bicyclic) bond motifs is 5. The minimum atomic E-state index is -0.104. The quantitative estimate of drug-likeness (QED) is 0.174. The van der Waals surface area contributed by atoms with E-state index in [4.69, 9.17) is 4.74 Å². The highest BCUT2D eigenvalue weighted by molar-refractivity contribution is 9.09. The highest BCUT2D eigenvalue weighted by Gasteiger charge is 2.57. The zero-order valence-electron chi connectivity index (χ0n) is 24.3. The zero-order chi connectivity index (χ0) is 27.1. The summed E-state index contributed by atoms with van der Waals surface area (Å²) >= 11 is 3.53. The molecule has 0 aromatic heterocycles. The van der Waals surface area contributed by atoms with Gasteiger partial charge in [-0.2, -0.15) is 0 Å². The van der Waals surface area contributed by atoms with Gasteiger partial charge in [0.15, 0.2) is 0 Å². The van der Waals surface area contributed by atoms with E-state index in [1.807, 2.05) is 0 Å². The average molecular weight is 596 g/mol. The minimum absolute atomic E-state index is 0.104. The van der Waals surface area contributed by atoms with E-state index in [9.17, 15) is 5.11 Å². The molecule has 214 valence electrons. The first-order valence-electron chi connectivity index (χ1n) is 16.1. The Morgan fingerprint density at radius 3 is 2.36 bits per heavy atom. The lowest BCUT2D eigenvalue weighted by atomic mass is 9.55. The molecular formula is C36H51BrO2. The molecule has 6 atom stereocenters. The van der Waals surface area contributed by atoms with Crippen molar-refractivity contribution in [1.29, 1.82) is 0 Å². The minimum Gasteiger partial charge on any atom is -0.489 e. The molecule has 39 heavy (non-hydrogen) atoms. The molecule has 0 heterocycles. The van der Waals surface area contributed by atoms with E-state index in [0.29, 0.717) is 24.4 Å². The Balaban J connectivity index is 1.11. The van der Waals surface area contributed by atoms with Crippen LogP contribution in [0.4, 0.5) is 0 Å². The summed E-state index contributed by atoms with van der Waals surface area (Å²) in [6, 6.07) is 17.3. The number of ether oxygens (including phenoxy) is 1. The summed E-state index contributed by atoms with van der Waals surface area (Å²) in [4.78, 5) is 0. The number of hydrogen-bond acceptors (Lipinski definition) is 2. The van der Waals surface area contributed by atoms with Gasteiger partial charge in [-0.05, 0) is 103 Å². The Morgan fingerprint density at radius 1 is 0.897 bits per heavy atom. The summed E-state index contributed by atoms with van der Waals surface area (Å²) in [7, 11) is 0. The first kappa shape index (κ1) is 29.2. The topological polar surface area (TPSA) is 29.5 Å². The van der Waals surface area contributed by atoms with Gasteiger partial charge in [0.25, 0.3) is 0 Å². The van der Waals surface area contributed by atoms with Gasteiger partial charge >= 0.3 is 0 Å². The summed E-state index contributed by atoms with van der Waals surface area (Å²) in [5.74, 6) is 3.59. The van der Waals surface area contributed by atoms with Crippen LogP contribution in [0.2, 0.25) is 0 Å². The lowest BCUT2D eigenvalue weighted by molar-refractivity contribution is -0.0335. The number of hydrogen-bond donors (Lipinski definition) is 1. The summed E-state index contributed by atoms with van der Waals surface area (Å²) in [5.41, 5.74) is 4.42. The fourth-order valence-corrected chi connectivity index (χ4v) is 8.95. The molecule has 2 nitrogen and oxygen atoms in total. The van der Waals surface area contributed by atoms with E-state index in [1.165, 1.54) is 101 Å². The number of aryl methyl sites for hydroxylation is 1. The molecule has 3 heteroatoms. The van der Waals surface area contributed by atoms with Crippen molar-refractivity contribution in [3.8, 4) is 5.75 Å². The lowest BCUT2D eigenvalue weighted by Crippen LogP contribution is -2.44. The maximum atomic E-state index is 11.5. The lowest BCUT2D eigenvalue weighted by Gasteiger charge is -2.50. The van der Waals surface area contributed by atoms with Gasteiger partial charge in [-0.1, -0.05) is 111 Å². The molecule has 0 spiro atoms. The van der Waals surface area contributed by atoms with Crippen molar-refractivity contribution in [1.82, 2.24) is 0 Å². The standard InChI is InChI=1S/C36H51BrO2/c1-36-22-21-32-31-20-18-30(39-26-27-14-10-9-11-15-27)24-28(31)17-19-33(32)34(36)25-29(35(36)38)16-12-7-5-3-2-4-6-8-13-23-37/h9-11,14-15,18,20,24,29,32-35,38H,2-8,12-13,16-17,19,21-23,25-26H2,1H3/t29?,32-,33-,34+,35?,36+/m1/s1. The van der Waals surface area contributed by atoms with Gasteiger partial charge < -0.3 is 9.84 Å². The van der Waals surface area contributed by atoms with E-state index in [0.717, 1.165) is 23.4 Å². The fourth-order valence-electron chi connectivity index (χ4n) is 8.56. The number of halogens is 1. The number of aliphatic hydroxyl groups is 1. The monoisotopic (exact) mass is 594 g/mol. The van der Waals surface area contributed by atoms with Crippen molar-refractivity contribution < 1.29 is 9.84 Å². The van der Waals surface area contributed by atoms with Gasteiger partial charge in [0.2, 0.25) is 0 Å². The summed E-state index contributed by atoms with van der Waals surface area (Å²) < 4.78 is 6.16. The first-order chi connectivity index (χ1) is 19.1. The average Bonchev–Trinajstić information content (AvgIpc) is 3.23. The number of alkyl halides is 1. The second-order valence-corrected chi connectivity index (χ2v) is 14.0. The van der Waals surface area contributed by atoms with Crippen molar-refractivity contribution >= 4 is 15.9 Å². The van der Waals surface area contributed by atoms with Crippen molar-refractivity contribution in [2.45, 2.75) is 122 Å². The second-order valence-electron chi connectivity index (χ2n) is 13.2. The maximum Gasteiger partial charge on any atom is 0.120 e. The number of rotatable bonds is 14. The van der Waals surface area contributed by atoms with E-state index >= 15 is 0 Å². The Morgan fingerprint density at radius 2 is 1.62 bits per heavy atom. The Labute approximate surface area is 246 Å². The molecule has 1 N–H and O–H groups in total. The van der Waals surface area contributed by atoms with Crippen LogP contribution >= 0.6 is 15.9 Å². The molecule has 3 aliphatic rings.